The smallest absolute Gasteiger partial charge is 0.227 e. The molecule has 9 heteroatoms. The Morgan fingerprint density at radius 3 is 2.58 bits per heavy atom. The Balaban J connectivity index is 1.22. The number of amides is 1. The predicted octanol–water partition coefficient (Wildman–Crippen LogP) is 3.35. The summed E-state index contributed by atoms with van der Waals surface area (Å²) >= 11 is 6.50. The SMILES string of the molecule is CC(=O)N[C@@H](C)c1ccc(O[C@@H]2CCN(c3nc(N4C[C@@H]5CC[C@@H](C4)O5)ncc3Cl)C2)cc1. The van der Waals surface area contributed by atoms with E-state index in [1.165, 1.54) is 6.92 Å². The molecule has 0 unspecified atom stereocenters. The fraction of sp³-hybridized carbons (Fsp3) is 0.542. The topological polar surface area (TPSA) is 79.8 Å². The number of ether oxygens (including phenoxy) is 2. The zero-order valence-corrected chi connectivity index (χ0v) is 19.8. The van der Waals surface area contributed by atoms with Gasteiger partial charge in [0.25, 0.3) is 0 Å². The third-order valence-corrected chi connectivity index (χ3v) is 6.85. The molecule has 2 aromatic rings. The van der Waals surface area contributed by atoms with E-state index in [9.17, 15) is 4.79 Å². The first-order valence-electron chi connectivity index (χ1n) is 11.7. The lowest BCUT2D eigenvalue weighted by Gasteiger charge is -2.32. The highest BCUT2D eigenvalue weighted by molar-refractivity contribution is 6.32. The molecule has 1 amide bonds. The summed E-state index contributed by atoms with van der Waals surface area (Å²) in [6.45, 7) is 6.70. The molecule has 33 heavy (non-hydrogen) atoms. The molecular formula is C24H30ClN5O3. The van der Waals surface area contributed by atoms with Gasteiger partial charge in [0, 0.05) is 33.0 Å². The maximum absolute atomic E-state index is 11.3. The zero-order valence-electron chi connectivity index (χ0n) is 19.0. The number of aromatic nitrogens is 2. The van der Waals surface area contributed by atoms with Crippen LogP contribution in [0, 0.1) is 0 Å². The number of morpholine rings is 1. The molecule has 3 saturated heterocycles. The highest BCUT2D eigenvalue weighted by Gasteiger charge is 2.35. The molecule has 0 aliphatic carbocycles. The zero-order chi connectivity index (χ0) is 22.9. The van der Waals surface area contributed by atoms with Crippen molar-refractivity contribution in [3.8, 4) is 5.75 Å². The van der Waals surface area contributed by atoms with Crippen LogP contribution in [0.25, 0.3) is 0 Å². The van der Waals surface area contributed by atoms with E-state index in [1.807, 2.05) is 31.2 Å². The second-order valence-corrected chi connectivity index (χ2v) is 9.58. The molecule has 176 valence electrons. The van der Waals surface area contributed by atoms with Crippen molar-refractivity contribution in [3.05, 3.63) is 41.0 Å². The summed E-state index contributed by atoms with van der Waals surface area (Å²) < 4.78 is 12.2. The first kappa shape index (κ1) is 22.2. The highest BCUT2D eigenvalue weighted by Crippen LogP contribution is 2.32. The lowest BCUT2D eigenvalue weighted by molar-refractivity contribution is -0.119. The summed E-state index contributed by atoms with van der Waals surface area (Å²) in [4.78, 5) is 25.0. The molecule has 4 atom stereocenters. The van der Waals surface area contributed by atoms with E-state index >= 15 is 0 Å². The Bertz CT molecular complexity index is 992. The van der Waals surface area contributed by atoms with Gasteiger partial charge in [-0.15, -0.1) is 0 Å². The normalized spacial score (nSPS) is 25.2. The minimum atomic E-state index is -0.0404. The number of hydrogen-bond donors (Lipinski definition) is 1. The molecule has 0 radical (unpaired) electrons. The number of anilines is 2. The Hall–Kier alpha value is -2.58. The fourth-order valence-electron chi connectivity index (χ4n) is 4.93. The van der Waals surface area contributed by atoms with Crippen molar-refractivity contribution < 1.29 is 14.3 Å². The average Bonchev–Trinajstić information content (AvgIpc) is 3.39. The molecule has 3 aliphatic heterocycles. The molecule has 3 aliphatic rings. The molecule has 1 N–H and O–H groups in total. The number of fused-ring (bicyclic) bond motifs is 2. The summed E-state index contributed by atoms with van der Waals surface area (Å²) in [6, 6.07) is 7.86. The minimum absolute atomic E-state index is 0.0331. The van der Waals surface area contributed by atoms with E-state index < -0.39 is 0 Å². The van der Waals surface area contributed by atoms with Crippen LogP contribution in [0.1, 0.15) is 44.7 Å². The van der Waals surface area contributed by atoms with Crippen LogP contribution >= 0.6 is 11.6 Å². The van der Waals surface area contributed by atoms with Crippen LogP contribution in [-0.4, -0.2) is 60.4 Å². The summed E-state index contributed by atoms with van der Waals surface area (Å²) in [5.41, 5.74) is 1.04. The second kappa shape index (κ2) is 9.35. The number of nitrogens with one attached hydrogen (secondary N) is 1. The van der Waals surface area contributed by atoms with Gasteiger partial charge in [-0.1, -0.05) is 23.7 Å². The van der Waals surface area contributed by atoms with Gasteiger partial charge in [-0.25, -0.2) is 4.98 Å². The van der Waals surface area contributed by atoms with E-state index in [2.05, 4.69) is 20.1 Å². The van der Waals surface area contributed by atoms with E-state index in [4.69, 9.17) is 26.1 Å². The molecule has 8 nitrogen and oxygen atoms in total. The number of nitrogens with zero attached hydrogens (tertiary/aromatic N) is 4. The van der Waals surface area contributed by atoms with Gasteiger partial charge in [-0.3, -0.25) is 4.79 Å². The molecule has 0 saturated carbocycles. The average molecular weight is 472 g/mol. The second-order valence-electron chi connectivity index (χ2n) is 9.17. The molecule has 1 aromatic heterocycles. The Labute approximate surface area is 199 Å². The van der Waals surface area contributed by atoms with Crippen LogP contribution in [0.5, 0.6) is 5.75 Å². The van der Waals surface area contributed by atoms with Crippen LogP contribution in [0.4, 0.5) is 11.8 Å². The maximum atomic E-state index is 11.3. The lowest BCUT2D eigenvalue weighted by atomic mass is 10.1. The van der Waals surface area contributed by atoms with Crippen molar-refractivity contribution in [3.63, 3.8) is 0 Å². The molecule has 4 heterocycles. The number of halogens is 1. The standard InChI is InChI=1S/C24H30ClN5O3/c1-15(27-16(2)31)17-3-5-18(6-4-17)32-21-9-10-29(12-21)23-22(25)11-26-24(28-23)30-13-19-7-8-20(14-30)33-19/h3-6,11,15,19-21H,7-10,12-14H2,1-2H3,(H,27,31)/t15-,19-,20-,21+/m0/s1. The van der Waals surface area contributed by atoms with Gasteiger partial charge in [0.05, 0.1) is 31.0 Å². The predicted molar refractivity (Wildman–Crippen MR) is 127 cm³/mol. The minimum Gasteiger partial charge on any atom is -0.489 e. The molecular weight excluding hydrogens is 442 g/mol. The lowest BCUT2D eigenvalue weighted by Crippen LogP contribution is -2.43. The number of carbonyl (C=O) groups is 1. The van der Waals surface area contributed by atoms with Crippen LogP contribution in [0.15, 0.2) is 30.5 Å². The van der Waals surface area contributed by atoms with Gasteiger partial charge in [-0.05, 0) is 37.5 Å². The third-order valence-electron chi connectivity index (χ3n) is 6.59. The van der Waals surface area contributed by atoms with Crippen LogP contribution in [0.3, 0.4) is 0 Å². The first-order chi connectivity index (χ1) is 15.9. The molecule has 1 aromatic carbocycles. The molecule has 2 bridgehead atoms. The maximum Gasteiger partial charge on any atom is 0.227 e. The fourth-order valence-corrected chi connectivity index (χ4v) is 5.14. The van der Waals surface area contributed by atoms with Gasteiger partial charge in [0.15, 0.2) is 5.82 Å². The van der Waals surface area contributed by atoms with E-state index in [-0.39, 0.29) is 30.3 Å². The van der Waals surface area contributed by atoms with Gasteiger partial charge in [0.2, 0.25) is 11.9 Å². The number of carbonyl (C=O) groups excluding carboxylic acids is 1. The molecule has 3 fully saturated rings. The Morgan fingerprint density at radius 1 is 1.15 bits per heavy atom. The Kier molecular flexibility index (Phi) is 6.29. The highest BCUT2D eigenvalue weighted by atomic mass is 35.5. The summed E-state index contributed by atoms with van der Waals surface area (Å²) in [5, 5.41) is 3.46. The van der Waals surface area contributed by atoms with Crippen molar-refractivity contribution in [1.82, 2.24) is 15.3 Å². The van der Waals surface area contributed by atoms with Crippen LogP contribution < -0.4 is 19.9 Å². The van der Waals surface area contributed by atoms with Crippen molar-refractivity contribution in [1.29, 1.82) is 0 Å². The van der Waals surface area contributed by atoms with Gasteiger partial charge >= 0.3 is 0 Å². The number of benzene rings is 1. The van der Waals surface area contributed by atoms with Crippen molar-refractivity contribution in [2.45, 2.75) is 57.5 Å². The van der Waals surface area contributed by atoms with Gasteiger partial charge in [-0.2, -0.15) is 4.98 Å². The van der Waals surface area contributed by atoms with Crippen LogP contribution in [0.2, 0.25) is 5.02 Å². The largest absolute Gasteiger partial charge is 0.489 e. The van der Waals surface area contributed by atoms with E-state index in [0.717, 1.165) is 62.0 Å². The summed E-state index contributed by atoms with van der Waals surface area (Å²) in [5.74, 6) is 2.27. The number of rotatable bonds is 6. The van der Waals surface area contributed by atoms with Crippen molar-refractivity contribution in [2.75, 3.05) is 36.0 Å². The van der Waals surface area contributed by atoms with E-state index in [1.54, 1.807) is 6.20 Å². The van der Waals surface area contributed by atoms with E-state index in [0.29, 0.717) is 11.6 Å². The quantitative estimate of drug-likeness (QED) is 0.692. The monoisotopic (exact) mass is 471 g/mol. The first-order valence-corrected chi connectivity index (χ1v) is 12.0. The van der Waals surface area contributed by atoms with Crippen molar-refractivity contribution in [2.24, 2.45) is 0 Å². The van der Waals surface area contributed by atoms with Gasteiger partial charge < -0.3 is 24.6 Å². The molecule has 0 spiro atoms. The van der Waals surface area contributed by atoms with Gasteiger partial charge in [0.1, 0.15) is 16.9 Å². The summed E-state index contributed by atoms with van der Waals surface area (Å²) in [7, 11) is 0. The Morgan fingerprint density at radius 2 is 1.88 bits per heavy atom. The molecule has 5 rings (SSSR count). The number of hydrogen-bond acceptors (Lipinski definition) is 7. The van der Waals surface area contributed by atoms with Crippen molar-refractivity contribution >= 4 is 29.3 Å². The van der Waals surface area contributed by atoms with Crippen LogP contribution in [-0.2, 0) is 9.53 Å². The summed E-state index contributed by atoms with van der Waals surface area (Å²) in [6.07, 6.45) is 5.44. The third kappa shape index (κ3) is 5.01.